The molecule has 1 unspecified atom stereocenters. The summed E-state index contributed by atoms with van der Waals surface area (Å²) in [6.45, 7) is 2.13. The van der Waals surface area contributed by atoms with E-state index in [1.807, 2.05) is 15.5 Å². The lowest BCUT2D eigenvalue weighted by Gasteiger charge is -2.35. The minimum Gasteiger partial charge on any atom is -0.491 e. The van der Waals surface area contributed by atoms with Crippen LogP contribution in [-0.4, -0.2) is 73.4 Å². The summed E-state index contributed by atoms with van der Waals surface area (Å²) in [5.74, 6) is -0.163. The summed E-state index contributed by atoms with van der Waals surface area (Å²) in [6, 6.07) is 4.70. The molecule has 36 heavy (non-hydrogen) atoms. The Morgan fingerprint density at radius 2 is 1.94 bits per heavy atom. The molecule has 5 rings (SSSR count). The molecule has 0 bridgehead atoms. The average Bonchev–Trinajstić information content (AvgIpc) is 3.51. The number of ether oxygens (including phenoxy) is 1. The molecule has 3 aliphatic rings. The number of imide groups is 1. The molecule has 0 radical (unpaired) electrons. The first-order valence-electron chi connectivity index (χ1n) is 12.5. The lowest BCUT2D eigenvalue weighted by molar-refractivity contribution is -0.137. The van der Waals surface area contributed by atoms with Crippen LogP contribution in [0.25, 0.3) is 0 Å². The molecule has 4 amide bonds. The summed E-state index contributed by atoms with van der Waals surface area (Å²) >= 11 is 0. The van der Waals surface area contributed by atoms with Gasteiger partial charge < -0.3 is 19.1 Å². The molecule has 2 fully saturated rings. The Morgan fingerprint density at radius 3 is 2.75 bits per heavy atom. The lowest BCUT2D eigenvalue weighted by Crippen LogP contribution is -2.52. The standard InChI is InChI=1S/C25H30N6O5/c32-22-9-8-21(24(34)28-22)31-13-17-12-19(6-7-20(17)25(31)35)36-14-18-4-1-2-11-30(18)23(33)5-3-10-29-15-26-27-16-29/h6-7,12,15-16,18,21H,1-5,8-11,13-14H2,(H,28,32,34)/t18-,21?/m0/s1. The van der Waals surface area contributed by atoms with Crippen LogP contribution >= 0.6 is 0 Å². The lowest BCUT2D eigenvalue weighted by atomic mass is 10.0. The fourth-order valence-corrected chi connectivity index (χ4v) is 5.23. The van der Waals surface area contributed by atoms with Gasteiger partial charge in [0.05, 0.1) is 6.04 Å². The van der Waals surface area contributed by atoms with Gasteiger partial charge in [-0.3, -0.25) is 24.5 Å². The van der Waals surface area contributed by atoms with Crippen LogP contribution in [0, 0.1) is 0 Å². The molecule has 11 nitrogen and oxygen atoms in total. The molecule has 0 saturated carbocycles. The number of piperidine rings is 2. The van der Waals surface area contributed by atoms with Gasteiger partial charge in [0.15, 0.2) is 0 Å². The van der Waals surface area contributed by atoms with E-state index in [9.17, 15) is 19.2 Å². The summed E-state index contributed by atoms with van der Waals surface area (Å²) < 4.78 is 7.96. The van der Waals surface area contributed by atoms with Crippen molar-refractivity contribution >= 4 is 23.6 Å². The molecule has 2 saturated heterocycles. The van der Waals surface area contributed by atoms with Crippen molar-refractivity contribution < 1.29 is 23.9 Å². The highest BCUT2D eigenvalue weighted by molar-refractivity contribution is 6.05. The third-order valence-electron chi connectivity index (χ3n) is 7.16. The van der Waals surface area contributed by atoms with Gasteiger partial charge in [0.25, 0.3) is 5.91 Å². The van der Waals surface area contributed by atoms with E-state index < -0.39 is 11.9 Å². The number of carbonyl (C=O) groups is 4. The third kappa shape index (κ3) is 5.09. The van der Waals surface area contributed by atoms with Gasteiger partial charge in [-0.2, -0.15) is 0 Å². The fraction of sp³-hybridized carbons (Fsp3) is 0.520. The molecule has 1 aromatic carbocycles. The highest BCUT2D eigenvalue weighted by Crippen LogP contribution is 2.30. The summed E-state index contributed by atoms with van der Waals surface area (Å²) in [6.07, 6.45) is 7.98. The Hall–Kier alpha value is -3.76. The predicted octanol–water partition coefficient (Wildman–Crippen LogP) is 1.28. The van der Waals surface area contributed by atoms with Gasteiger partial charge in [0.2, 0.25) is 17.7 Å². The zero-order chi connectivity index (χ0) is 25.1. The number of amides is 4. The molecule has 4 heterocycles. The first kappa shape index (κ1) is 24.0. The number of fused-ring (bicyclic) bond motifs is 1. The molecule has 1 N–H and O–H groups in total. The van der Waals surface area contributed by atoms with Crippen LogP contribution in [0.1, 0.15) is 60.9 Å². The van der Waals surface area contributed by atoms with Crippen molar-refractivity contribution in [1.82, 2.24) is 29.9 Å². The second-order valence-electron chi connectivity index (χ2n) is 9.57. The number of carbonyl (C=O) groups excluding carboxylic acids is 4. The summed E-state index contributed by atoms with van der Waals surface area (Å²) in [5.41, 5.74) is 1.35. The SMILES string of the molecule is O=C1CCC(N2Cc3cc(OC[C@@H]4CCCCN4C(=O)CCCn4cnnc4)ccc3C2=O)C(=O)N1. The number of nitrogens with one attached hydrogen (secondary N) is 1. The van der Waals surface area contributed by atoms with E-state index in [4.69, 9.17) is 4.74 Å². The molecule has 3 aliphatic heterocycles. The van der Waals surface area contributed by atoms with Crippen molar-refractivity contribution in [3.05, 3.63) is 42.0 Å². The smallest absolute Gasteiger partial charge is 0.255 e. The molecule has 0 aliphatic carbocycles. The largest absolute Gasteiger partial charge is 0.491 e. The number of likely N-dealkylation sites (tertiary alicyclic amines) is 1. The molecule has 190 valence electrons. The Kier molecular flexibility index (Phi) is 6.97. The first-order valence-corrected chi connectivity index (χ1v) is 12.5. The van der Waals surface area contributed by atoms with Gasteiger partial charge in [-0.05, 0) is 55.9 Å². The predicted molar refractivity (Wildman–Crippen MR) is 127 cm³/mol. The highest BCUT2D eigenvalue weighted by Gasteiger charge is 2.39. The van der Waals surface area contributed by atoms with E-state index in [2.05, 4.69) is 15.5 Å². The number of aromatic nitrogens is 3. The van der Waals surface area contributed by atoms with Crippen LogP contribution in [-0.2, 0) is 27.5 Å². The second kappa shape index (κ2) is 10.5. The third-order valence-corrected chi connectivity index (χ3v) is 7.16. The molecule has 11 heteroatoms. The zero-order valence-electron chi connectivity index (χ0n) is 20.1. The Morgan fingerprint density at radius 1 is 1.11 bits per heavy atom. The van der Waals surface area contributed by atoms with Crippen molar-refractivity contribution in [2.24, 2.45) is 0 Å². The Labute approximate surface area is 208 Å². The van der Waals surface area contributed by atoms with Gasteiger partial charge in [0, 0.05) is 38.0 Å². The molecular formula is C25H30N6O5. The van der Waals surface area contributed by atoms with E-state index >= 15 is 0 Å². The van der Waals surface area contributed by atoms with Gasteiger partial charge in [-0.1, -0.05) is 0 Å². The monoisotopic (exact) mass is 494 g/mol. The van der Waals surface area contributed by atoms with Crippen LogP contribution in [0.4, 0.5) is 0 Å². The van der Waals surface area contributed by atoms with Crippen LogP contribution in [0.15, 0.2) is 30.9 Å². The summed E-state index contributed by atoms with van der Waals surface area (Å²) in [7, 11) is 0. The van der Waals surface area contributed by atoms with Crippen molar-refractivity contribution in [3.8, 4) is 5.75 Å². The van der Waals surface area contributed by atoms with Gasteiger partial charge in [-0.25, -0.2) is 0 Å². The topological polar surface area (TPSA) is 127 Å². The van der Waals surface area contributed by atoms with Crippen LogP contribution in [0.2, 0.25) is 0 Å². The van der Waals surface area contributed by atoms with E-state index in [0.29, 0.717) is 43.9 Å². The number of hydrogen-bond donors (Lipinski definition) is 1. The van der Waals surface area contributed by atoms with E-state index in [1.54, 1.807) is 24.8 Å². The first-order chi connectivity index (χ1) is 17.5. The quantitative estimate of drug-likeness (QED) is 0.548. The summed E-state index contributed by atoms with van der Waals surface area (Å²) in [5, 5.41) is 9.89. The molecular weight excluding hydrogens is 464 g/mol. The zero-order valence-corrected chi connectivity index (χ0v) is 20.1. The maximum Gasteiger partial charge on any atom is 0.255 e. The van der Waals surface area contributed by atoms with Crippen molar-refractivity contribution in [2.45, 2.75) is 70.1 Å². The van der Waals surface area contributed by atoms with Crippen molar-refractivity contribution in [1.29, 1.82) is 0 Å². The van der Waals surface area contributed by atoms with Crippen molar-refractivity contribution in [2.75, 3.05) is 13.2 Å². The Balaban J connectivity index is 1.17. The maximum absolute atomic E-state index is 12.9. The van der Waals surface area contributed by atoms with Crippen molar-refractivity contribution in [3.63, 3.8) is 0 Å². The average molecular weight is 495 g/mol. The number of benzene rings is 1. The van der Waals surface area contributed by atoms with Crippen LogP contribution in [0.3, 0.4) is 0 Å². The molecule has 0 spiro atoms. The summed E-state index contributed by atoms with van der Waals surface area (Å²) in [4.78, 5) is 53.0. The van der Waals surface area contributed by atoms with Crippen LogP contribution in [0.5, 0.6) is 5.75 Å². The number of nitrogens with zero attached hydrogens (tertiary/aromatic N) is 5. The van der Waals surface area contributed by atoms with Gasteiger partial charge >= 0.3 is 0 Å². The molecule has 1 aromatic heterocycles. The second-order valence-corrected chi connectivity index (χ2v) is 9.57. The van der Waals surface area contributed by atoms with E-state index in [-0.39, 0.29) is 30.2 Å². The van der Waals surface area contributed by atoms with Crippen LogP contribution < -0.4 is 10.1 Å². The number of hydrogen-bond acceptors (Lipinski definition) is 7. The Bertz CT molecular complexity index is 1150. The minimum atomic E-state index is -0.640. The maximum atomic E-state index is 12.9. The van der Waals surface area contributed by atoms with Gasteiger partial charge in [0.1, 0.15) is 31.1 Å². The molecule has 2 aromatic rings. The van der Waals surface area contributed by atoms with Gasteiger partial charge in [-0.15, -0.1) is 10.2 Å². The van der Waals surface area contributed by atoms with E-state index in [1.165, 1.54) is 4.90 Å². The van der Waals surface area contributed by atoms with E-state index in [0.717, 1.165) is 37.8 Å². The number of rotatable bonds is 8. The number of aryl methyl sites for hydroxylation is 1. The normalized spacial score (nSPS) is 21.9. The molecule has 2 atom stereocenters. The highest BCUT2D eigenvalue weighted by atomic mass is 16.5. The fourth-order valence-electron chi connectivity index (χ4n) is 5.23. The minimum absolute atomic E-state index is 0.0102.